The van der Waals surface area contributed by atoms with Crippen LogP contribution in [0.1, 0.15) is 22.3 Å². The van der Waals surface area contributed by atoms with Crippen molar-refractivity contribution in [2.45, 2.75) is 19.5 Å². The van der Waals surface area contributed by atoms with Gasteiger partial charge in [0.25, 0.3) is 0 Å². The SMILES string of the molecule is O=C(CCn1cnc2ccccc21)NCc1ccc(C(=O)O)cc1. The number of imidazole rings is 1. The van der Waals surface area contributed by atoms with Gasteiger partial charge < -0.3 is 15.0 Å². The molecule has 0 spiro atoms. The van der Waals surface area contributed by atoms with E-state index >= 15 is 0 Å². The van der Waals surface area contributed by atoms with Crippen LogP contribution in [-0.4, -0.2) is 26.5 Å². The molecule has 2 aromatic carbocycles. The van der Waals surface area contributed by atoms with Crippen molar-refractivity contribution in [1.82, 2.24) is 14.9 Å². The van der Waals surface area contributed by atoms with Crippen LogP contribution in [0.15, 0.2) is 54.9 Å². The number of aryl methyl sites for hydroxylation is 1. The van der Waals surface area contributed by atoms with Gasteiger partial charge in [-0.05, 0) is 29.8 Å². The summed E-state index contributed by atoms with van der Waals surface area (Å²) >= 11 is 0. The van der Waals surface area contributed by atoms with Crippen LogP contribution in [0.2, 0.25) is 0 Å². The molecule has 0 radical (unpaired) electrons. The fourth-order valence-electron chi connectivity index (χ4n) is 2.46. The zero-order valence-corrected chi connectivity index (χ0v) is 13.0. The lowest BCUT2D eigenvalue weighted by Gasteiger charge is -2.07. The number of carbonyl (C=O) groups is 2. The molecule has 6 nitrogen and oxygen atoms in total. The van der Waals surface area contributed by atoms with Crippen LogP contribution in [0.3, 0.4) is 0 Å². The summed E-state index contributed by atoms with van der Waals surface area (Å²) < 4.78 is 1.95. The molecule has 0 fully saturated rings. The van der Waals surface area contributed by atoms with Crippen molar-refractivity contribution in [1.29, 1.82) is 0 Å². The number of aromatic nitrogens is 2. The van der Waals surface area contributed by atoms with Crippen LogP contribution < -0.4 is 5.32 Å². The van der Waals surface area contributed by atoms with Crippen LogP contribution >= 0.6 is 0 Å². The summed E-state index contributed by atoms with van der Waals surface area (Å²) in [6.45, 7) is 0.938. The quantitative estimate of drug-likeness (QED) is 0.730. The second kappa shape index (κ2) is 6.95. The number of benzene rings is 2. The highest BCUT2D eigenvalue weighted by atomic mass is 16.4. The molecular weight excluding hydrogens is 306 g/mol. The molecular formula is C18H17N3O3. The summed E-state index contributed by atoms with van der Waals surface area (Å²) in [6, 6.07) is 14.3. The molecule has 6 heteroatoms. The van der Waals surface area contributed by atoms with Gasteiger partial charge >= 0.3 is 5.97 Å². The number of aromatic carboxylic acids is 1. The highest BCUT2D eigenvalue weighted by Crippen LogP contribution is 2.12. The van der Waals surface area contributed by atoms with Gasteiger partial charge in [-0.2, -0.15) is 0 Å². The Bertz CT molecular complexity index is 869. The van der Waals surface area contributed by atoms with E-state index in [2.05, 4.69) is 10.3 Å². The third-order valence-electron chi connectivity index (χ3n) is 3.80. The van der Waals surface area contributed by atoms with E-state index in [9.17, 15) is 9.59 Å². The van der Waals surface area contributed by atoms with Gasteiger partial charge in [-0.3, -0.25) is 4.79 Å². The normalized spacial score (nSPS) is 10.7. The zero-order valence-electron chi connectivity index (χ0n) is 13.0. The predicted molar refractivity (Wildman–Crippen MR) is 89.6 cm³/mol. The topological polar surface area (TPSA) is 84.2 Å². The lowest BCUT2D eigenvalue weighted by molar-refractivity contribution is -0.121. The number of nitrogens with one attached hydrogen (secondary N) is 1. The number of fused-ring (bicyclic) bond motifs is 1. The molecule has 1 aromatic heterocycles. The van der Waals surface area contributed by atoms with Gasteiger partial charge in [0.15, 0.2) is 0 Å². The first-order valence-electron chi connectivity index (χ1n) is 7.62. The summed E-state index contributed by atoms with van der Waals surface area (Å²) in [7, 11) is 0. The van der Waals surface area contributed by atoms with Gasteiger partial charge in [0.2, 0.25) is 5.91 Å². The second-order valence-corrected chi connectivity index (χ2v) is 5.46. The van der Waals surface area contributed by atoms with Crippen molar-refractivity contribution < 1.29 is 14.7 Å². The largest absolute Gasteiger partial charge is 0.478 e. The standard InChI is InChI=1S/C18H17N3O3/c22-17(19-11-13-5-7-14(8-6-13)18(23)24)9-10-21-12-20-15-3-1-2-4-16(15)21/h1-8,12H,9-11H2,(H,19,22)(H,23,24). The first kappa shape index (κ1) is 15.7. The minimum absolute atomic E-state index is 0.0601. The number of para-hydroxylation sites is 2. The van der Waals surface area contributed by atoms with E-state index in [4.69, 9.17) is 5.11 Å². The van der Waals surface area contributed by atoms with Gasteiger partial charge in [-0.1, -0.05) is 24.3 Å². The molecule has 24 heavy (non-hydrogen) atoms. The second-order valence-electron chi connectivity index (χ2n) is 5.46. The molecule has 0 saturated heterocycles. The van der Waals surface area contributed by atoms with Crippen LogP contribution in [0.5, 0.6) is 0 Å². The summed E-state index contributed by atoms with van der Waals surface area (Å²) in [4.78, 5) is 27.1. The molecule has 0 unspecified atom stereocenters. The van der Waals surface area contributed by atoms with Crippen LogP contribution in [0.4, 0.5) is 0 Å². The summed E-state index contributed by atoms with van der Waals surface area (Å²) in [6.07, 6.45) is 2.09. The Morgan fingerprint density at radius 1 is 1.08 bits per heavy atom. The molecule has 1 heterocycles. The van der Waals surface area contributed by atoms with Crippen molar-refractivity contribution in [2.24, 2.45) is 0 Å². The van der Waals surface area contributed by atoms with Gasteiger partial charge in [-0.15, -0.1) is 0 Å². The van der Waals surface area contributed by atoms with Crippen molar-refractivity contribution in [3.8, 4) is 0 Å². The van der Waals surface area contributed by atoms with Gasteiger partial charge in [0.05, 0.1) is 22.9 Å². The first-order chi connectivity index (χ1) is 11.6. The molecule has 0 saturated carbocycles. The van der Waals surface area contributed by atoms with Crippen molar-refractivity contribution in [3.63, 3.8) is 0 Å². The van der Waals surface area contributed by atoms with E-state index in [0.29, 0.717) is 19.5 Å². The smallest absolute Gasteiger partial charge is 0.335 e. The average Bonchev–Trinajstić information content (AvgIpc) is 3.01. The van der Waals surface area contributed by atoms with Crippen molar-refractivity contribution >= 4 is 22.9 Å². The molecule has 1 amide bonds. The molecule has 0 bridgehead atoms. The Morgan fingerprint density at radius 2 is 1.83 bits per heavy atom. The van der Waals surface area contributed by atoms with Crippen LogP contribution in [-0.2, 0) is 17.9 Å². The number of nitrogens with zero attached hydrogens (tertiary/aromatic N) is 2. The highest BCUT2D eigenvalue weighted by molar-refractivity contribution is 5.87. The third-order valence-corrected chi connectivity index (χ3v) is 3.80. The summed E-state index contributed by atoms with van der Waals surface area (Å²) in [5.74, 6) is -1.02. The molecule has 0 aliphatic carbocycles. The molecule has 3 aromatic rings. The van der Waals surface area contributed by atoms with E-state index in [1.807, 2.05) is 28.8 Å². The number of carboxylic acids is 1. The number of hydrogen-bond donors (Lipinski definition) is 2. The maximum absolute atomic E-state index is 12.0. The Morgan fingerprint density at radius 3 is 2.58 bits per heavy atom. The predicted octanol–water partition coefficient (Wildman–Crippen LogP) is 2.44. The van der Waals surface area contributed by atoms with Crippen LogP contribution in [0, 0.1) is 0 Å². The van der Waals surface area contributed by atoms with E-state index in [1.165, 1.54) is 12.1 Å². The molecule has 122 valence electrons. The highest BCUT2D eigenvalue weighted by Gasteiger charge is 2.06. The molecule has 3 rings (SSSR count). The molecule has 2 N–H and O–H groups in total. The van der Waals surface area contributed by atoms with E-state index < -0.39 is 5.97 Å². The van der Waals surface area contributed by atoms with E-state index in [0.717, 1.165) is 16.6 Å². The fourth-order valence-corrected chi connectivity index (χ4v) is 2.46. The minimum atomic E-state index is -0.960. The summed E-state index contributed by atoms with van der Waals surface area (Å²) in [5, 5.41) is 11.7. The van der Waals surface area contributed by atoms with Crippen LogP contribution in [0.25, 0.3) is 11.0 Å². The fraction of sp³-hybridized carbons (Fsp3) is 0.167. The zero-order chi connectivity index (χ0) is 16.9. The third kappa shape index (κ3) is 3.60. The molecule has 0 aliphatic rings. The number of hydrogen-bond acceptors (Lipinski definition) is 3. The average molecular weight is 323 g/mol. The van der Waals surface area contributed by atoms with Gasteiger partial charge in [0.1, 0.15) is 0 Å². The number of amides is 1. The first-order valence-corrected chi connectivity index (χ1v) is 7.62. The van der Waals surface area contributed by atoms with Crippen molar-refractivity contribution in [2.75, 3.05) is 0 Å². The molecule has 0 atom stereocenters. The monoisotopic (exact) mass is 323 g/mol. The van der Waals surface area contributed by atoms with E-state index in [1.54, 1.807) is 18.5 Å². The maximum atomic E-state index is 12.0. The maximum Gasteiger partial charge on any atom is 0.335 e. The number of carboxylic acid groups (broad SMARTS) is 1. The Balaban J connectivity index is 1.51. The minimum Gasteiger partial charge on any atom is -0.478 e. The lowest BCUT2D eigenvalue weighted by atomic mass is 10.1. The number of rotatable bonds is 6. The van der Waals surface area contributed by atoms with Gasteiger partial charge in [-0.25, -0.2) is 9.78 Å². The number of carbonyl (C=O) groups excluding carboxylic acids is 1. The van der Waals surface area contributed by atoms with Gasteiger partial charge in [0, 0.05) is 19.5 Å². The lowest BCUT2D eigenvalue weighted by Crippen LogP contribution is -2.23. The van der Waals surface area contributed by atoms with E-state index in [-0.39, 0.29) is 11.5 Å². The Labute approximate surface area is 138 Å². The van der Waals surface area contributed by atoms with Crippen molar-refractivity contribution in [3.05, 3.63) is 66.0 Å². The Kier molecular flexibility index (Phi) is 4.56. The summed E-state index contributed by atoms with van der Waals surface area (Å²) in [5.41, 5.74) is 3.02. The Hall–Kier alpha value is -3.15. The molecule has 0 aliphatic heterocycles.